The van der Waals surface area contributed by atoms with Gasteiger partial charge in [-0.1, -0.05) is 0 Å². The van der Waals surface area contributed by atoms with Crippen molar-refractivity contribution < 1.29 is 91.4 Å². The SMILES string of the molecule is O=C([O-])CC(C(=O)[O-])C(O)C(=O)[O-].[Li+].[Li+].[Li+]. The van der Waals surface area contributed by atoms with Crippen molar-refractivity contribution in [1.82, 2.24) is 0 Å². The van der Waals surface area contributed by atoms with Crippen LogP contribution in [0, 0.1) is 5.92 Å². The van der Waals surface area contributed by atoms with Gasteiger partial charge in [0.25, 0.3) is 0 Å². The molecule has 0 saturated heterocycles. The normalized spacial score (nSPS) is 11.8. The minimum absolute atomic E-state index is 0. The molecule has 16 heavy (non-hydrogen) atoms. The van der Waals surface area contributed by atoms with Crippen molar-refractivity contribution in [3.63, 3.8) is 0 Å². The van der Waals surface area contributed by atoms with Crippen LogP contribution in [0.4, 0.5) is 0 Å². The largest absolute Gasteiger partial charge is 1.00 e. The number of aliphatic hydroxyl groups is 1. The van der Waals surface area contributed by atoms with E-state index in [9.17, 15) is 29.7 Å². The number of carbonyl (C=O) groups is 3. The molecular formula is C6H5Li3O7. The topological polar surface area (TPSA) is 141 Å². The third-order valence-electron chi connectivity index (χ3n) is 1.31. The number of carboxylic acid groups (broad SMARTS) is 3. The van der Waals surface area contributed by atoms with E-state index in [1.165, 1.54) is 0 Å². The summed E-state index contributed by atoms with van der Waals surface area (Å²) < 4.78 is 0. The van der Waals surface area contributed by atoms with Crippen LogP contribution in [-0.2, 0) is 14.4 Å². The predicted molar refractivity (Wildman–Crippen MR) is 29.1 cm³/mol. The summed E-state index contributed by atoms with van der Waals surface area (Å²) >= 11 is 0. The Hall–Kier alpha value is 0.162. The van der Waals surface area contributed by atoms with E-state index >= 15 is 0 Å². The second-order valence-electron chi connectivity index (χ2n) is 2.27. The van der Waals surface area contributed by atoms with Gasteiger partial charge >= 0.3 is 56.6 Å². The van der Waals surface area contributed by atoms with Gasteiger partial charge in [0.1, 0.15) is 6.10 Å². The monoisotopic (exact) mass is 210 g/mol. The van der Waals surface area contributed by atoms with Crippen LogP contribution in [0.5, 0.6) is 0 Å². The summed E-state index contributed by atoms with van der Waals surface area (Å²) in [5, 5.41) is 38.6. The summed E-state index contributed by atoms with van der Waals surface area (Å²) in [6.45, 7) is 0. The summed E-state index contributed by atoms with van der Waals surface area (Å²) in [5.74, 6) is -7.92. The van der Waals surface area contributed by atoms with E-state index in [0.717, 1.165) is 0 Å². The summed E-state index contributed by atoms with van der Waals surface area (Å²) in [6.07, 6.45) is -3.56. The van der Waals surface area contributed by atoms with Gasteiger partial charge in [-0.15, -0.1) is 0 Å². The predicted octanol–water partition coefficient (Wildman–Crippen LogP) is -14.4. The van der Waals surface area contributed by atoms with Crippen molar-refractivity contribution in [2.45, 2.75) is 12.5 Å². The molecular weight excluding hydrogens is 205 g/mol. The minimum atomic E-state index is -2.41. The Labute approximate surface area is 127 Å². The maximum atomic E-state index is 10.1. The van der Waals surface area contributed by atoms with Gasteiger partial charge in [-0.3, -0.25) is 0 Å². The Bertz CT molecular complexity index is 244. The Morgan fingerprint density at radius 3 is 1.50 bits per heavy atom. The first-order chi connectivity index (χ1) is 5.86. The number of hydrogen-bond donors (Lipinski definition) is 1. The summed E-state index contributed by atoms with van der Waals surface area (Å²) in [6, 6.07) is 0. The van der Waals surface area contributed by atoms with Crippen LogP contribution in [-0.4, -0.2) is 29.1 Å². The molecule has 2 unspecified atom stereocenters. The number of rotatable bonds is 5. The molecule has 0 fully saturated rings. The molecule has 0 aliphatic rings. The van der Waals surface area contributed by atoms with E-state index in [2.05, 4.69) is 0 Å². The Morgan fingerprint density at radius 1 is 0.938 bits per heavy atom. The van der Waals surface area contributed by atoms with Crippen molar-refractivity contribution in [1.29, 1.82) is 0 Å². The van der Waals surface area contributed by atoms with Crippen LogP contribution >= 0.6 is 0 Å². The van der Waals surface area contributed by atoms with Gasteiger partial charge in [0.05, 0.1) is 5.97 Å². The second kappa shape index (κ2) is 11.6. The molecule has 0 rings (SSSR count). The third kappa shape index (κ3) is 9.39. The van der Waals surface area contributed by atoms with Gasteiger partial charge < -0.3 is 34.8 Å². The van der Waals surface area contributed by atoms with Crippen molar-refractivity contribution in [2.75, 3.05) is 0 Å². The zero-order chi connectivity index (χ0) is 10.6. The average molecular weight is 210 g/mol. The molecule has 0 aliphatic carbocycles. The van der Waals surface area contributed by atoms with E-state index in [1.807, 2.05) is 0 Å². The number of carboxylic acids is 3. The maximum Gasteiger partial charge on any atom is 1.00 e. The van der Waals surface area contributed by atoms with Crippen molar-refractivity contribution in [3.05, 3.63) is 0 Å². The molecule has 7 nitrogen and oxygen atoms in total. The fourth-order valence-electron chi connectivity index (χ4n) is 0.668. The molecule has 0 radical (unpaired) electrons. The van der Waals surface area contributed by atoms with Crippen molar-refractivity contribution in [2.24, 2.45) is 5.92 Å². The quantitative estimate of drug-likeness (QED) is 0.444. The summed E-state index contributed by atoms with van der Waals surface area (Å²) in [5.41, 5.74) is 0. The molecule has 0 aromatic heterocycles. The fourth-order valence-corrected chi connectivity index (χ4v) is 0.668. The molecule has 1 N–H and O–H groups in total. The summed E-state index contributed by atoms with van der Waals surface area (Å²) in [7, 11) is 0. The van der Waals surface area contributed by atoms with Crippen LogP contribution in [0.3, 0.4) is 0 Å². The number of hydrogen-bond acceptors (Lipinski definition) is 7. The molecule has 0 heterocycles. The van der Waals surface area contributed by atoms with Crippen LogP contribution in [0.1, 0.15) is 6.42 Å². The van der Waals surface area contributed by atoms with E-state index in [4.69, 9.17) is 5.11 Å². The van der Waals surface area contributed by atoms with Gasteiger partial charge in [-0.2, -0.15) is 0 Å². The molecule has 10 heteroatoms. The Balaban J connectivity index is -0.000000240. The first kappa shape index (κ1) is 25.1. The number of aliphatic carboxylic acids is 3. The molecule has 0 bridgehead atoms. The van der Waals surface area contributed by atoms with Gasteiger partial charge in [0, 0.05) is 17.9 Å². The fraction of sp³-hybridized carbons (Fsp3) is 0.500. The van der Waals surface area contributed by atoms with E-state index in [-0.39, 0.29) is 56.6 Å². The van der Waals surface area contributed by atoms with Crippen molar-refractivity contribution in [3.8, 4) is 0 Å². The van der Waals surface area contributed by atoms with Gasteiger partial charge in [-0.05, 0) is 6.42 Å². The second-order valence-corrected chi connectivity index (χ2v) is 2.27. The molecule has 0 aromatic carbocycles. The van der Waals surface area contributed by atoms with Gasteiger partial charge in [-0.25, -0.2) is 0 Å². The zero-order valence-corrected chi connectivity index (χ0v) is 9.26. The molecule has 0 spiro atoms. The van der Waals surface area contributed by atoms with Crippen molar-refractivity contribution >= 4 is 17.9 Å². The molecule has 0 aromatic rings. The summed E-state index contributed by atoms with van der Waals surface area (Å²) in [4.78, 5) is 30.0. The molecule has 0 aliphatic heterocycles. The number of aliphatic hydroxyl groups excluding tert-OH is 1. The average Bonchev–Trinajstić information content (AvgIpc) is 1.97. The molecule has 2 atom stereocenters. The van der Waals surface area contributed by atoms with Gasteiger partial charge in [0.15, 0.2) is 0 Å². The van der Waals surface area contributed by atoms with E-state index in [1.54, 1.807) is 0 Å². The van der Waals surface area contributed by atoms with E-state index < -0.39 is 36.4 Å². The van der Waals surface area contributed by atoms with Crippen LogP contribution in [0.25, 0.3) is 0 Å². The standard InChI is InChI=1S/C6H8O7.3Li/c7-3(8)1-2(5(10)11)4(9)6(12)13;;;/h2,4,9H,1H2,(H,7,8)(H,10,11)(H,12,13);;;/q;3*+1/p-3. The number of carbonyl (C=O) groups excluding carboxylic acids is 3. The minimum Gasteiger partial charge on any atom is -0.550 e. The maximum absolute atomic E-state index is 10.1. The third-order valence-corrected chi connectivity index (χ3v) is 1.31. The first-order valence-corrected chi connectivity index (χ1v) is 3.16. The molecule has 0 saturated carbocycles. The molecule has 0 amide bonds. The molecule has 74 valence electrons. The first-order valence-electron chi connectivity index (χ1n) is 3.16. The van der Waals surface area contributed by atoms with Crippen LogP contribution < -0.4 is 71.9 Å². The van der Waals surface area contributed by atoms with Gasteiger partial charge in [0.2, 0.25) is 0 Å². The van der Waals surface area contributed by atoms with Crippen LogP contribution in [0.2, 0.25) is 0 Å². The Morgan fingerprint density at radius 2 is 1.31 bits per heavy atom. The zero-order valence-electron chi connectivity index (χ0n) is 9.26. The Kier molecular flexibility index (Phi) is 18.3. The van der Waals surface area contributed by atoms with E-state index in [0.29, 0.717) is 0 Å². The smallest absolute Gasteiger partial charge is 0.550 e. The van der Waals surface area contributed by atoms with Crippen LogP contribution in [0.15, 0.2) is 0 Å².